The van der Waals surface area contributed by atoms with Crippen LogP contribution in [0.3, 0.4) is 0 Å². The van der Waals surface area contributed by atoms with Crippen LogP contribution < -0.4 is 11.1 Å². The van der Waals surface area contributed by atoms with E-state index in [0.717, 1.165) is 37.1 Å². The number of benzene rings is 1. The van der Waals surface area contributed by atoms with E-state index in [2.05, 4.69) is 19.2 Å². The van der Waals surface area contributed by atoms with Crippen LogP contribution in [0.15, 0.2) is 24.3 Å². The van der Waals surface area contributed by atoms with Crippen molar-refractivity contribution in [3.05, 3.63) is 29.8 Å². The molecule has 2 amide bonds. The number of amides is 2. The van der Waals surface area contributed by atoms with Gasteiger partial charge in [0.2, 0.25) is 0 Å². The smallest absolute Gasteiger partial charge is 0.322 e. The normalized spacial score (nSPS) is 15.9. The first-order valence-corrected chi connectivity index (χ1v) is 7.90. The zero-order valence-electron chi connectivity index (χ0n) is 13.3. The number of carbonyl (C=O) groups excluding carboxylic acids is 1. The number of nitrogens with zero attached hydrogens (tertiary/aromatic N) is 1. The summed E-state index contributed by atoms with van der Waals surface area (Å²) in [5.41, 5.74) is 7.74. The SMILES string of the molecule is CC(C)CCN(C(=O)Nc1ccc(C(C)N)cc1)C1CC1. The van der Waals surface area contributed by atoms with E-state index in [0.29, 0.717) is 12.0 Å². The Bertz CT molecular complexity index is 463. The molecule has 21 heavy (non-hydrogen) atoms. The molecule has 0 bridgehead atoms. The van der Waals surface area contributed by atoms with Gasteiger partial charge >= 0.3 is 6.03 Å². The van der Waals surface area contributed by atoms with Crippen LogP contribution in [0.5, 0.6) is 0 Å². The maximum absolute atomic E-state index is 12.4. The lowest BCUT2D eigenvalue weighted by molar-refractivity contribution is 0.205. The standard InChI is InChI=1S/C17H27N3O/c1-12(2)10-11-20(16-8-9-16)17(21)19-15-6-4-14(5-7-15)13(3)18/h4-7,12-13,16H,8-11,18H2,1-3H3,(H,19,21). The minimum Gasteiger partial charge on any atom is -0.324 e. The maximum Gasteiger partial charge on any atom is 0.322 e. The first kappa shape index (κ1) is 15.8. The second-order valence-corrected chi connectivity index (χ2v) is 6.45. The van der Waals surface area contributed by atoms with Gasteiger partial charge in [0.25, 0.3) is 0 Å². The summed E-state index contributed by atoms with van der Waals surface area (Å²) in [6, 6.07) is 8.25. The van der Waals surface area contributed by atoms with E-state index in [1.807, 2.05) is 36.1 Å². The van der Waals surface area contributed by atoms with Crippen molar-refractivity contribution >= 4 is 11.7 Å². The lowest BCUT2D eigenvalue weighted by atomic mass is 10.1. The van der Waals surface area contributed by atoms with Gasteiger partial charge in [0, 0.05) is 24.3 Å². The first-order valence-electron chi connectivity index (χ1n) is 7.90. The predicted molar refractivity (Wildman–Crippen MR) is 87.2 cm³/mol. The fourth-order valence-electron chi connectivity index (χ4n) is 2.30. The molecule has 0 radical (unpaired) electrons. The second-order valence-electron chi connectivity index (χ2n) is 6.45. The molecule has 1 aliphatic rings. The molecular formula is C17H27N3O. The van der Waals surface area contributed by atoms with Gasteiger partial charge in [-0.2, -0.15) is 0 Å². The molecule has 0 aromatic heterocycles. The zero-order chi connectivity index (χ0) is 15.4. The molecule has 1 atom stereocenters. The molecule has 0 aliphatic heterocycles. The summed E-state index contributed by atoms with van der Waals surface area (Å²) in [6.07, 6.45) is 3.32. The zero-order valence-corrected chi connectivity index (χ0v) is 13.3. The Balaban J connectivity index is 1.94. The lowest BCUT2D eigenvalue weighted by Gasteiger charge is -2.24. The number of hydrogen-bond acceptors (Lipinski definition) is 2. The lowest BCUT2D eigenvalue weighted by Crippen LogP contribution is -2.37. The van der Waals surface area contributed by atoms with Crippen LogP contribution in [-0.2, 0) is 0 Å². The first-order chi connectivity index (χ1) is 9.97. The molecule has 1 aromatic rings. The summed E-state index contributed by atoms with van der Waals surface area (Å²) in [5.74, 6) is 0.615. The number of urea groups is 1. The van der Waals surface area contributed by atoms with Gasteiger partial charge in [-0.1, -0.05) is 26.0 Å². The van der Waals surface area contributed by atoms with Crippen LogP contribution in [0, 0.1) is 5.92 Å². The highest BCUT2D eigenvalue weighted by atomic mass is 16.2. The van der Waals surface area contributed by atoms with Gasteiger partial charge in [-0.25, -0.2) is 4.79 Å². The maximum atomic E-state index is 12.4. The number of carbonyl (C=O) groups is 1. The number of rotatable bonds is 6. The topological polar surface area (TPSA) is 58.4 Å². The number of hydrogen-bond donors (Lipinski definition) is 2. The van der Waals surface area contributed by atoms with E-state index in [-0.39, 0.29) is 12.1 Å². The van der Waals surface area contributed by atoms with Crippen LogP contribution in [0.2, 0.25) is 0 Å². The molecule has 0 spiro atoms. The number of nitrogens with two attached hydrogens (primary N) is 1. The highest BCUT2D eigenvalue weighted by molar-refractivity contribution is 5.89. The summed E-state index contributed by atoms with van der Waals surface area (Å²) >= 11 is 0. The summed E-state index contributed by atoms with van der Waals surface area (Å²) in [4.78, 5) is 14.4. The molecule has 1 aromatic carbocycles. The third kappa shape index (κ3) is 4.74. The Hall–Kier alpha value is -1.55. The molecule has 1 aliphatic carbocycles. The van der Waals surface area contributed by atoms with Crippen molar-refractivity contribution in [2.24, 2.45) is 11.7 Å². The number of nitrogens with one attached hydrogen (secondary N) is 1. The van der Waals surface area contributed by atoms with Crippen LogP contribution in [0.4, 0.5) is 10.5 Å². The Morgan fingerprint density at radius 2 is 1.90 bits per heavy atom. The monoisotopic (exact) mass is 289 g/mol. The molecule has 1 unspecified atom stereocenters. The van der Waals surface area contributed by atoms with Crippen LogP contribution >= 0.6 is 0 Å². The van der Waals surface area contributed by atoms with Crippen LogP contribution in [0.1, 0.15) is 51.6 Å². The van der Waals surface area contributed by atoms with Gasteiger partial charge in [-0.15, -0.1) is 0 Å². The molecule has 1 fully saturated rings. The molecule has 4 nitrogen and oxygen atoms in total. The molecular weight excluding hydrogens is 262 g/mol. The fourth-order valence-corrected chi connectivity index (χ4v) is 2.30. The van der Waals surface area contributed by atoms with E-state index in [1.165, 1.54) is 0 Å². The Labute approximate surface area is 127 Å². The van der Waals surface area contributed by atoms with Crippen molar-refractivity contribution < 1.29 is 4.79 Å². The van der Waals surface area contributed by atoms with E-state index in [4.69, 9.17) is 5.73 Å². The number of anilines is 1. The van der Waals surface area contributed by atoms with Crippen molar-refractivity contribution in [2.75, 3.05) is 11.9 Å². The molecule has 0 heterocycles. The predicted octanol–water partition coefficient (Wildman–Crippen LogP) is 3.75. The second kappa shape index (κ2) is 6.94. The van der Waals surface area contributed by atoms with Crippen molar-refractivity contribution in [1.29, 1.82) is 0 Å². The Morgan fingerprint density at radius 3 is 2.38 bits per heavy atom. The molecule has 3 N–H and O–H groups in total. The summed E-state index contributed by atoms with van der Waals surface area (Å²) < 4.78 is 0. The largest absolute Gasteiger partial charge is 0.324 e. The van der Waals surface area contributed by atoms with Gasteiger partial charge < -0.3 is 16.0 Å². The molecule has 0 saturated heterocycles. The molecule has 2 rings (SSSR count). The van der Waals surface area contributed by atoms with Crippen molar-refractivity contribution in [3.8, 4) is 0 Å². The van der Waals surface area contributed by atoms with E-state index < -0.39 is 0 Å². The average molecular weight is 289 g/mol. The van der Waals surface area contributed by atoms with Gasteiger partial charge in [-0.05, 0) is 49.8 Å². The fraction of sp³-hybridized carbons (Fsp3) is 0.588. The minimum atomic E-state index is 0.0174. The van der Waals surface area contributed by atoms with Crippen LogP contribution in [-0.4, -0.2) is 23.5 Å². The highest BCUT2D eigenvalue weighted by Gasteiger charge is 2.32. The molecule has 4 heteroatoms. The van der Waals surface area contributed by atoms with Gasteiger partial charge in [0.1, 0.15) is 0 Å². The van der Waals surface area contributed by atoms with E-state index >= 15 is 0 Å². The summed E-state index contributed by atoms with van der Waals surface area (Å²) in [7, 11) is 0. The van der Waals surface area contributed by atoms with Gasteiger partial charge in [0.15, 0.2) is 0 Å². The van der Waals surface area contributed by atoms with Gasteiger partial charge in [0.05, 0.1) is 0 Å². The van der Waals surface area contributed by atoms with E-state index in [9.17, 15) is 4.79 Å². The van der Waals surface area contributed by atoms with Crippen molar-refractivity contribution in [2.45, 2.75) is 52.1 Å². The Kier molecular flexibility index (Phi) is 5.23. The average Bonchev–Trinajstić information content (AvgIpc) is 3.23. The van der Waals surface area contributed by atoms with Gasteiger partial charge in [-0.3, -0.25) is 0 Å². The third-order valence-electron chi connectivity index (χ3n) is 3.88. The summed E-state index contributed by atoms with van der Waals surface area (Å²) in [6.45, 7) is 7.17. The van der Waals surface area contributed by atoms with Crippen molar-refractivity contribution in [1.82, 2.24) is 4.90 Å². The van der Waals surface area contributed by atoms with Crippen molar-refractivity contribution in [3.63, 3.8) is 0 Å². The van der Waals surface area contributed by atoms with Crippen LogP contribution in [0.25, 0.3) is 0 Å². The molecule has 116 valence electrons. The molecule has 1 saturated carbocycles. The highest BCUT2D eigenvalue weighted by Crippen LogP contribution is 2.28. The van der Waals surface area contributed by atoms with E-state index in [1.54, 1.807) is 0 Å². The third-order valence-corrected chi connectivity index (χ3v) is 3.88. The summed E-state index contributed by atoms with van der Waals surface area (Å²) in [5, 5.41) is 3.00. The Morgan fingerprint density at radius 1 is 1.29 bits per heavy atom. The quantitative estimate of drug-likeness (QED) is 0.838. The minimum absolute atomic E-state index is 0.0174.